The fourth-order valence-corrected chi connectivity index (χ4v) is 4.86. The van der Waals surface area contributed by atoms with E-state index in [9.17, 15) is 9.59 Å². The van der Waals surface area contributed by atoms with Crippen molar-refractivity contribution >= 4 is 12.1 Å². The van der Waals surface area contributed by atoms with Gasteiger partial charge >= 0.3 is 12.1 Å². The summed E-state index contributed by atoms with van der Waals surface area (Å²) in [4.78, 5) is 23.7. The first kappa shape index (κ1) is 28.2. The SMILES string of the molecule is COc1ccc(C(C)(c2ccccc2)c2ccc(OC(=O)Oc3ccc(-c4ccc(OC(C)=O)cc4)cc3)cc2)cc1. The molecule has 0 spiro atoms. The first-order valence-corrected chi connectivity index (χ1v) is 13.4. The molecule has 5 rings (SSSR count). The first-order chi connectivity index (χ1) is 20.3. The van der Waals surface area contributed by atoms with Crippen LogP contribution in [0.15, 0.2) is 127 Å². The van der Waals surface area contributed by atoms with Crippen LogP contribution in [0.25, 0.3) is 11.1 Å². The van der Waals surface area contributed by atoms with E-state index < -0.39 is 11.6 Å². The van der Waals surface area contributed by atoms with Crippen LogP contribution in [0, 0.1) is 0 Å². The van der Waals surface area contributed by atoms with E-state index in [-0.39, 0.29) is 5.97 Å². The number of hydrogen-bond acceptors (Lipinski definition) is 6. The number of ether oxygens (including phenoxy) is 4. The summed E-state index contributed by atoms with van der Waals surface area (Å²) in [5, 5.41) is 0. The number of carbonyl (C=O) groups excluding carboxylic acids is 2. The van der Waals surface area contributed by atoms with Crippen LogP contribution in [0.5, 0.6) is 23.0 Å². The molecular weight excluding hydrogens is 528 g/mol. The Hall–Kier alpha value is -5.36. The topological polar surface area (TPSA) is 71.1 Å². The van der Waals surface area contributed by atoms with E-state index in [2.05, 4.69) is 31.2 Å². The Balaban J connectivity index is 1.27. The Morgan fingerprint density at radius 2 is 0.881 bits per heavy atom. The van der Waals surface area contributed by atoms with Crippen LogP contribution in [0.2, 0.25) is 0 Å². The van der Waals surface area contributed by atoms with Gasteiger partial charge in [-0.2, -0.15) is 0 Å². The number of esters is 1. The Kier molecular flexibility index (Phi) is 8.34. The molecule has 0 aliphatic rings. The van der Waals surface area contributed by atoms with Crippen LogP contribution in [-0.4, -0.2) is 19.2 Å². The molecule has 6 nitrogen and oxygen atoms in total. The molecule has 0 saturated heterocycles. The number of carbonyl (C=O) groups is 2. The number of rotatable bonds is 8. The minimum Gasteiger partial charge on any atom is -0.497 e. The minimum atomic E-state index is -0.831. The molecule has 0 aliphatic heterocycles. The number of methoxy groups -OCH3 is 1. The molecule has 0 aromatic heterocycles. The zero-order valence-corrected chi connectivity index (χ0v) is 23.6. The maximum absolute atomic E-state index is 12.5. The van der Waals surface area contributed by atoms with Crippen LogP contribution in [0.4, 0.5) is 4.79 Å². The van der Waals surface area contributed by atoms with Crippen molar-refractivity contribution in [2.24, 2.45) is 0 Å². The molecule has 6 heteroatoms. The van der Waals surface area contributed by atoms with Crippen molar-refractivity contribution in [2.45, 2.75) is 19.3 Å². The fourth-order valence-electron chi connectivity index (χ4n) is 4.86. The van der Waals surface area contributed by atoms with Crippen LogP contribution in [-0.2, 0) is 10.2 Å². The van der Waals surface area contributed by atoms with Gasteiger partial charge < -0.3 is 18.9 Å². The van der Waals surface area contributed by atoms with Crippen LogP contribution in [0.3, 0.4) is 0 Å². The van der Waals surface area contributed by atoms with Gasteiger partial charge in [-0.1, -0.05) is 78.9 Å². The lowest BCUT2D eigenvalue weighted by Gasteiger charge is -2.32. The molecule has 1 atom stereocenters. The van der Waals surface area contributed by atoms with Crippen molar-refractivity contribution in [3.8, 4) is 34.1 Å². The quantitative estimate of drug-likeness (QED) is 0.0827. The van der Waals surface area contributed by atoms with Crippen molar-refractivity contribution in [1.29, 1.82) is 0 Å². The molecular formula is C36H30O6. The smallest absolute Gasteiger partial charge is 0.497 e. The lowest BCUT2D eigenvalue weighted by molar-refractivity contribution is -0.131. The molecule has 0 fully saturated rings. The van der Waals surface area contributed by atoms with Gasteiger partial charge in [-0.15, -0.1) is 0 Å². The third kappa shape index (κ3) is 6.34. The molecule has 42 heavy (non-hydrogen) atoms. The molecule has 0 radical (unpaired) electrons. The van der Waals surface area contributed by atoms with E-state index in [0.717, 1.165) is 33.6 Å². The number of benzene rings is 5. The fraction of sp³-hybridized carbons (Fsp3) is 0.111. The molecule has 0 amide bonds. The van der Waals surface area contributed by atoms with Crippen molar-refractivity contribution in [3.63, 3.8) is 0 Å². The Bertz CT molecular complexity index is 1640. The summed E-state index contributed by atoms with van der Waals surface area (Å²) in [6.45, 7) is 3.53. The monoisotopic (exact) mass is 558 g/mol. The maximum Gasteiger partial charge on any atom is 0.519 e. The van der Waals surface area contributed by atoms with E-state index >= 15 is 0 Å². The van der Waals surface area contributed by atoms with Crippen molar-refractivity contribution < 1.29 is 28.5 Å². The Morgan fingerprint density at radius 1 is 0.500 bits per heavy atom. The predicted molar refractivity (Wildman–Crippen MR) is 161 cm³/mol. The van der Waals surface area contributed by atoms with Gasteiger partial charge in [-0.3, -0.25) is 4.79 Å². The minimum absolute atomic E-state index is 0.355. The van der Waals surface area contributed by atoms with Crippen molar-refractivity contribution in [3.05, 3.63) is 144 Å². The highest BCUT2D eigenvalue weighted by Gasteiger charge is 2.31. The summed E-state index contributed by atoms with van der Waals surface area (Å²) in [5.41, 5.74) is 4.67. The first-order valence-electron chi connectivity index (χ1n) is 13.4. The summed E-state index contributed by atoms with van der Waals surface area (Å²) in [5.74, 6) is 1.63. The van der Waals surface area contributed by atoms with E-state index in [1.807, 2.05) is 66.7 Å². The highest BCUT2D eigenvalue weighted by Crippen LogP contribution is 2.40. The van der Waals surface area contributed by atoms with Crippen LogP contribution >= 0.6 is 0 Å². The van der Waals surface area contributed by atoms with Crippen molar-refractivity contribution in [1.82, 2.24) is 0 Å². The molecule has 5 aromatic rings. The van der Waals surface area contributed by atoms with E-state index in [1.54, 1.807) is 43.5 Å². The van der Waals surface area contributed by atoms with Gasteiger partial charge in [0, 0.05) is 12.3 Å². The molecule has 0 saturated carbocycles. The van der Waals surface area contributed by atoms with Crippen LogP contribution in [0.1, 0.15) is 30.5 Å². The van der Waals surface area contributed by atoms with E-state index in [4.69, 9.17) is 18.9 Å². The largest absolute Gasteiger partial charge is 0.519 e. The van der Waals surface area contributed by atoms with Gasteiger partial charge in [0.1, 0.15) is 23.0 Å². The van der Waals surface area contributed by atoms with Gasteiger partial charge in [-0.25, -0.2) is 4.79 Å². The predicted octanol–water partition coefficient (Wildman–Crippen LogP) is 8.22. The molecule has 0 bridgehead atoms. The normalized spacial score (nSPS) is 12.1. The summed E-state index contributed by atoms with van der Waals surface area (Å²) in [7, 11) is 1.65. The average Bonchev–Trinajstić information content (AvgIpc) is 3.02. The zero-order valence-electron chi connectivity index (χ0n) is 23.6. The van der Waals surface area contributed by atoms with Gasteiger partial charge in [-0.05, 0) is 83.3 Å². The van der Waals surface area contributed by atoms with E-state index in [0.29, 0.717) is 17.2 Å². The molecule has 0 heterocycles. The molecule has 5 aromatic carbocycles. The zero-order chi connectivity index (χ0) is 29.5. The molecule has 0 N–H and O–H groups in total. The number of hydrogen-bond donors (Lipinski definition) is 0. The second-order valence-corrected chi connectivity index (χ2v) is 9.84. The van der Waals surface area contributed by atoms with Gasteiger partial charge in [0.2, 0.25) is 0 Å². The summed E-state index contributed by atoms with van der Waals surface area (Å²) >= 11 is 0. The third-order valence-corrected chi connectivity index (χ3v) is 7.16. The summed E-state index contributed by atoms with van der Waals surface area (Å²) in [6, 6.07) is 40.0. The summed E-state index contributed by atoms with van der Waals surface area (Å²) < 4.78 is 21.3. The summed E-state index contributed by atoms with van der Waals surface area (Å²) in [6.07, 6.45) is -0.831. The maximum atomic E-state index is 12.5. The Morgan fingerprint density at radius 3 is 1.31 bits per heavy atom. The second-order valence-electron chi connectivity index (χ2n) is 9.84. The molecule has 210 valence electrons. The van der Waals surface area contributed by atoms with Gasteiger partial charge in [0.25, 0.3) is 0 Å². The standard InChI is InChI=1S/C36H30O6/c1-25(37)40-32-17-9-26(10-18-32)27-11-19-33(20-12-27)41-35(38)42-34-23-15-30(16-24-34)36(2,28-7-5-4-6-8-28)29-13-21-31(39-3)22-14-29/h4-24H,1-3H3. The second kappa shape index (κ2) is 12.4. The van der Waals surface area contributed by atoms with E-state index in [1.165, 1.54) is 6.92 Å². The highest BCUT2D eigenvalue weighted by atomic mass is 16.7. The average molecular weight is 559 g/mol. The van der Waals surface area contributed by atoms with Gasteiger partial charge in [0.15, 0.2) is 0 Å². The van der Waals surface area contributed by atoms with Crippen LogP contribution < -0.4 is 18.9 Å². The molecule has 0 aliphatic carbocycles. The van der Waals surface area contributed by atoms with Gasteiger partial charge in [0.05, 0.1) is 7.11 Å². The molecule has 1 unspecified atom stereocenters. The van der Waals surface area contributed by atoms with Crippen molar-refractivity contribution in [2.75, 3.05) is 7.11 Å². The lowest BCUT2D eigenvalue weighted by Crippen LogP contribution is -2.25. The highest BCUT2D eigenvalue weighted by molar-refractivity contribution is 5.71. The lowest BCUT2D eigenvalue weighted by atomic mass is 9.71. The Labute approximate surface area is 245 Å². The third-order valence-electron chi connectivity index (χ3n) is 7.16.